The van der Waals surface area contributed by atoms with Crippen LogP contribution in [0.4, 0.5) is 11.4 Å². The minimum absolute atomic E-state index is 0. The van der Waals surface area contributed by atoms with Crippen molar-refractivity contribution in [2.75, 3.05) is 23.4 Å². The van der Waals surface area contributed by atoms with E-state index in [1.165, 1.54) is 4.90 Å². The number of ether oxygens (including phenoxy) is 1. The van der Waals surface area contributed by atoms with Crippen molar-refractivity contribution in [3.05, 3.63) is 72.4 Å². The normalized spacial score (nSPS) is 13.3. The number of amides is 2. The summed E-state index contributed by atoms with van der Waals surface area (Å²) in [6, 6.07) is 18.7. The number of nitrogens with one attached hydrogen (secondary N) is 1. The van der Waals surface area contributed by atoms with E-state index in [1.807, 2.05) is 55.5 Å². The van der Waals surface area contributed by atoms with Crippen LogP contribution in [0, 0.1) is 6.92 Å². The van der Waals surface area contributed by atoms with Crippen molar-refractivity contribution in [3.8, 4) is 17.0 Å². The quantitative estimate of drug-likeness (QED) is 0.731. The predicted molar refractivity (Wildman–Crippen MR) is 114 cm³/mol. The lowest BCUT2D eigenvalue weighted by molar-refractivity contribution is -0.121. The van der Waals surface area contributed by atoms with Crippen molar-refractivity contribution in [2.24, 2.45) is 0 Å². The van der Waals surface area contributed by atoms with Crippen molar-refractivity contribution < 1.29 is 15.8 Å². The summed E-state index contributed by atoms with van der Waals surface area (Å²) in [5, 5.41) is 2.90. The molecule has 0 saturated carbocycles. The Morgan fingerprint density at radius 2 is 2.00 bits per heavy atom. The molecule has 29 heavy (non-hydrogen) atoms. The van der Waals surface area contributed by atoms with Crippen LogP contribution in [-0.2, 0) is 9.59 Å². The average Bonchev–Trinajstić information content (AvgIpc) is 2.89. The molecule has 1 aromatic heterocycles. The third kappa shape index (κ3) is 4.11. The van der Waals surface area contributed by atoms with Crippen LogP contribution in [0.15, 0.2) is 66.9 Å². The molecule has 1 N–H and O–H groups in total. The van der Waals surface area contributed by atoms with Gasteiger partial charge >= 0.3 is 0 Å². The molecule has 0 saturated heterocycles. The number of pyridine rings is 1. The van der Waals surface area contributed by atoms with Crippen molar-refractivity contribution in [1.82, 2.24) is 4.98 Å². The van der Waals surface area contributed by atoms with Gasteiger partial charge in [-0.2, -0.15) is 0 Å². The highest BCUT2D eigenvalue weighted by Crippen LogP contribution is 2.31. The number of fused-ring (bicyclic) bond motifs is 1. The van der Waals surface area contributed by atoms with Gasteiger partial charge in [0.25, 0.3) is 0 Å². The number of hydrogen-bond donors (Lipinski definition) is 1. The highest BCUT2D eigenvalue weighted by Gasteiger charge is 2.25. The Morgan fingerprint density at radius 3 is 2.83 bits per heavy atom. The van der Waals surface area contributed by atoms with Crippen LogP contribution in [0.3, 0.4) is 0 Å². The third-order valence-electron chi connectivity index (χ3n) is 4.79. The molecule has 3 aromatic rings. The van der Waals surface area contributed by atoms with Crippen molar-refractivity contribution in [1.29, 1.82) is 0 Å². The zero-order chi connectivity index (χ0) is 20.2. The summed E-state index contributed by atoms with van der Waals surface area (Å²) in [5.41, 5.74) is 4.13. The molecule has 0 radical (unpaired) electrons. The topological polar surface area (TPSA) is 71.5 Å². The molecule has 2 amide bonds. The monoisotopic (exact) mass is 389 g/mol. The summed E-state index contributed by atoms with van der Waals surface area (Å²) in [6.07, 6.45) is 1.97. The minimum Gasteiger partial charge on any atom is -0.491 e. The van der Waals surface area contributed by atoms with E-state index in [0.717, 1.165) is 16.8 Å². The fraction of sp³-hybridized carbons (Fsp3) is 0.174. The van der Waals surface area contributed by atoms with E-state index in [2.05, 4.69) is 10.3 Å². The number of nitrogens with zero attached hydrogens (tertiary/aromatic N) is 2. The highest BCUT2D eigenvalue weighted by molar-refractivity contribution is 6.04. The van der Waals surface area contributed by atoms with Crippen LogP contribution in [0.1, 0.15) is 13.4 Å². The summed E-state index contributed by atoms with van der Waals surface area (Å²) in [7, 11) is 0. The molecule has 2 aromatic carbocycles. The fourth-order valence-electron chi connectivity index (χ4n) is 3.34. The van der Waals surface area contributed by atoms with Gasteiger partial charge in [0.2, 0.25) is 11.8 Å². The van der Waals surface area contributed by atoms with E-state index in [-0.39, 0.29) is 26.2 Å². The molecule has 6 heteroatoms. The Kier molecular flexibility index (Phi) is 5.24. The number of anilines is 2. The molecule has 0 bridgehead atoms. The summed E-state index contributed by atoms with van der Waals surface area (Å²) in [6.45, 7) is 2.23. The Morgan fingerprint density at radius 1 is 1.17 bits per heavy atom. The molecule has 0 spiro atoms. The first kappa shape index (κ1) is 18.7. The molecule has 1 aliphatic heterocycles. The first-order valence-corrected chi connectivity index (χ1v) is 9.46. The Balaban J connectivity index is 0.00000256. The minimum atomic E-state index is -0.272. The molecular weight excluding hydrogens is 366 g/mol. The number of aryl methyl sites for hydroxylation is 1. The second-order valence-electron chi connectivity index (χ2n) is 6.84. The van der Waals surface area contributed by atoms with Gasteiger partial charge in [-0.05, 0) is 48.9 Å². The van der Waals surface area contributed by atoms with E-state index < -0.39 is 0 Å². The molecule has 0 atom stereocenters. The summed E-state index contributed by atoms with van der Waals surface area (Å²) < 4.78 is 5.63. The second-order valence-corrected chi connectivity index (χ2v) is 6.84. The van der Waals surface area contributed by atoms with Crippen molar-refractivity contribution in [3.63, 3.8) is 0 Å². The van der Waals surface area contributed by atoms with Gasteiger partial charge in [0, 0.05) is 18.9 Å². The number of para-hydroxylation sites is 2. The first-order valence-electron chi connectivity index (χ1n) is 9.46. The molecule has 0 unspecified atom stereocenters. The Bertz CT molecular complexity index is 1060. The number of carbonyl (C=O) groups is 2. The largest absolute Gasteiger partial charge is 0.491 e. The van der Waals surface area contributed by atoms with Gasteiger partial charge in [-0.25, -0.2) is 0 Å². The maximum atomic E-state index is 12.7. The summed E-state index contributed by atoms with van der Waals surface area (Å²) in [5.74, 6) is 0.202. The van der Waals surface area contributed by atoms with Crippen LogP contribution in [0.5, 0.6) is 5.75 Å². The van der Waals surface area contributed by atoms with E-state index in [0.29, 0.717) is 23.7 Å². The SMILES string of the molecule is Cc1ccc(NC(=O)CN2C(=O)CCOc3ccccc32)cc1-c1ccccn1.[HH]. The van der Waals surface area contributed by atoms with Gasteiger partial charge in [-0.1, -0.05) is 24.3 Å². The molecule has 0 aliphatic carbocycles. The molecule has 1 aliphatic rings. The lowest BCUT2D eigenvalue weighted by atomic mass is 10.0. The summed E-state index contributed by atoms with van der Waals surface area (Å²) in [4.78, 5) is 31.1. The Labute approximate surface area is 170 Å². The number of benzene rings is 2. The number of rotatable bonds is 4. The number of aromatic nitrogens is 1. The smallest absolute Gasteiger partial charge is 0.244 e. The number of hydrogen-bond acceptors (Lipinski definition) is 4. The van der Waals surface area contributed by atoms with Crippen LogP contribution in [-0.4, -0.2) is 29.9 Å². The zero-order valence-electron chi connectivity index (χ0n) is 16.1. The van der Waals surface area contributed by atoms with Crippen LogP contribution < -0.4 is 15.0 Å². The van der Waals surface area contributed by atoms with Gasteiger partial charge in [-0.3, -0.25) is 19.5 Å². The lowest BCUT2D eigenvalue weighted by Gasteiger charge is -2.21. The van der Waals surface area contributed by atoms with E-state index in [4.69, 9.17) is 4.74 Å². The lowest BCUT2D eigenvalue weighted by Crippen LogP contribution is -2.37. The van der Waals surface area contributed by atoms with Crippen molar-refractivity contribution in [2.45, 2.75) is 13.3 Å². The van der Waals surface area contributed by atoms with E-state index >= 15 is 0 Å². The van der Waals surface area contributed by atoms with Gasteiger partial charge in [-0.15, -0.1) is 0 Å². The predicted octanol–water partition coefficient (Wildman–Crippen LogP) is 4.06. The molecule has 2 heterocycles. The maximum Gasteiger partial charge on any atom is 0.244 e. The summed E-state index contributed by atoms with van der Waals surface area (Å²) >= 11 is 0. The maximum absolute atomic E-state index is 12.7. The molecule has 148 valence electrons. The fourth-order valence-corrected chi connectivity index (χ4v) is 3.34. The van der Waals surface area contributed by atoms with Crippen molar-refractivity contribution >= 4 is 23.2 Å². The van der Waals surface area contributed by atoms with Crippen LogP contribution in [0.2, 0.25) is 0 Å². The second kappa shape index (κ2) is 8.14. The molecule has 4 rings (SSSR count). The zero-order valence-corrected chi connectivity index (χ0v) is 16.1. The van der Waals surface area contributed by atoms with Gasteiger partial charge in [0.15, 0.2) is 0 Å². The van der Waals surface area contributed by atoms with E-state index in [1.54, 1.807) is 18.3 Å². The van der Waals surface area contributed by atoms with Gasteiger partial charge in [0.1, 0.15) is 12.3 Å². The van der Waals surface area contributed by atoms with Gasteiger partial charge < -0.3 is 10.1 Å². The third-order valence-corrected chi connectivity index (χ3v) is 4.79. The van der Waals surface area contributed by atoms with E-state index in [9.17, 15) is 9.59 Å². The first-order chi connectivity index (χ1) is 14.1. The van der Waals surface area contributed by atoms with Gasteiger partial charge in [0.05, 0.1) is 24.4 Å². The molecule has 0 fully saturated rings. The molecule has 6 nitrogen and oxygen atoms in total. The average molecular weight is 389 g/mol. The van der Waals surface area contributed by atoms with Crippen LogP contribution >= 0.6 is 0 Å². The Hall–Kier alpha value is -3.67. The molecular formula is C23H23N3O3. The number of carbonyl (C=O) groups excluding carboxylic acids is 2. The van der Waals surface area contributed by atoms with Crippen LogP contribution in [0.25, 0.3) is 11.3 Å². The standard InChI is InChI=1S/C23H21N3O3.H2/c1-16-9-10-17(14-18(16)19-6-4-5-12-24-19)25-22(27)15-26-20-7-2-3-8-21(20)29-13-11-23(26)28;/h2-10,12,14H,11,13,15H2,1H3,(H,25,27);1H. The highest BCUT2D eigenvalue weighted by atomic mass is 16.5.